The summed E-state index contributed by atoms with van der Waals surface area (Å²) in [6.07, 6.45) is 1.56. The number of carbonyl (C=O) groups is 1. The zero-order chi connectivity index (χ0) is 12.6. The summed E-state index contributed by atoms with van der Waals surface area (Å²) < 4.78 is 10.5. The van der Waals surface area contributed by atoms with Crippen LogP contribution < -0.4 is 5.32 Å². The summed E-state index contributed by atoms with van der Waals surface area (Å²) in [5, 5.41) is 2.73. The predicted molar refractivity (Wildman–Crippen MR) is 68.7 cm³/mol. The molecule has 0 unspecified atom stereocenters. The molecule has 0 aromatic heterocycles. The Hall–Kier alpha value is -0.610. The van der Waals surface area contributed by atoms with Crippen molar-refractivity contribution in [3.8, 4) is 0 Å². The summed E-state index contributed by atoms with van der Waals surface area (Å²) in [6.45, 7) is 11.1. The first kappa shape index (κ1) is 17.8. The van der Waals surface area contributed by atoms with Crippen LogP contribution in [0, 0.1) is 0 Å². The van der Waals surface area contributed by atoms with Crippen molar-refractivity contribution in [2.24, 2.45) is 0 Å². The van der Waals surface area contributed by atoms with E-state index in [1.165, 1.54) is 0 Å². The SMILES string of the molecule is CC.CCCOCCOCCNC(=O)CC.[HH]. The fourth-order valence-corrected chi connectivity index (χ4v) is 0.854. The van der Waals surface area contributed by atoms with Gasteiger partial charge >= 0.3 is 0 Å². The lowest BCUT2D eigenvalue weighted by Crippen LogP contribution is -2.26. The van der Waals surface area contributed by atoms with Gasteiger partial charge in [0, 0.05) is 21.0 Å². The molecule has 16 heavy (non-hydrogen) atoms. The summed E-state index contributed by atoms with van der Waals surface area (Å²) in [5.74, 6) is 0.0656. The molecule has 0 rings (SSSR count). The Labute approximate surface area is 101 Å². The van der Waals surface area contributed by atoms with Gasteiger partial charge in [-0.05, 0) is 6.42 Å². The van der Waals surface area contributed by atoms with E-state index in [2.05, 4.69) is 12.2 Å². The average Bonchev–Trinajstić information content (AvgIpc) is 2.34. The minimum atomic E-state index is 0. The zero-order valence-electron chi connectivity index (χ0n) is 11.2. The molecular weight excluding hydrogens is 206 g/mol. The molecule has 0 bridgehead atoms. The van der Waals surface area contributed by atoms with Crippen LogP contribution in [0.25, 0.3) is 0 Å². The van der Waals surface area contributed by atoms with Crippen molar-refractivity contribution >= 4 is 5.91 Å². The van der Waals surface area contributed by atoms with E-state index in [4.69, 9.17) is 9.47 Å². The van der Waals surface area contributed by atoms with Crippen molar-refractivity contribution in [1.29, 1.82) is 0 Å². The monoisotopic (exact) mass is 235 g/mol. The van der Waals surface area contributed by atoms with Gasteiger partial charge in [-0.3, -0.25) is 4.79 Å². The molecule has 0 radical (unpaired) electrons. The highest BCUT2D eigenvalue weighted by Gasteiger charge is 1.94. The van der Waals surface area contributed by atoms with Crippen molar-refractivity contribution < 1.29 is 15.7 Å². The molecular formula is C12H29NO3. The van der Waals surface area contributed by atoms with Gasteiger partial charge in [-0.25, -0.2) is 0 Å². The maximum atomic E-state index is 10.8. The van der Waals surface area contributed by atoms with Crippen molar-refractivity contribution in [2.45, 2.75) is 40.5 Å². The molecule has 0 atom stereocenters. The molecule has 0 saturated carbocycles. The fourth-order valence-electron chi connectivity index (χ4n) is 0.854. The van der Waals surface area contributed by atoms with E-state index in [0.29, 0.717) is 32.8 Å². The van der Waals surface area contributed by atoms with Crippen LogP contribution >= 0.6 is 0 Å². The van der Waals surface area contributed by atoms with Gasteiger partial charge in [-0.2, -0.15) is 0 Å². The van der Waals surface area contributed by atoms with Gasteiger partial charge in [0.25, 0.3) is 0 Å². The summed E-state index contributed by atoms with van der Waals surface area (Å²) in [4.78, 5) is 10.8. The predicted octanol–water partition coefficient (Wildman–Crippen LogP) is 2.23. The largest absolute Gasteiger partial charge is 0.379 e. The molecule has 0 spiro atoms. The molecule has 4 heteroatoms. The summed E-state index contributed by atoms with van der Waals surface area (Å²) in [7, 11) is 0. The molecule has 4 nitrogen and oxygen atoms in total. The van der Waals surface area contributed by atoms with Crippen molar-refractivity contribution in [2.75, 3.05) is 33.0 Å². The number of amides is 1. The normalized spacial score (nSPS) is 9.25. The number of rotatable bonds is 9. The van der Waals surface area contributed by atoms with E-state index in [0.717, 1.165) is 13.0 Å². The van der Waals surface area contributed by atoms with Crippen molar-refractivity contribution in [3.63, 3.8) is 0 Å². The van der Waals surface area contributed by atoms with Crippen LogP contribution in [0.2, 0.25) is 0 Å². The quantitative estimate of drug-likeness (QED) is 0.623. The fraction of sp³-hybridized carbons (Fsp3) is 0.917. The van der Waals surface area contributed by atoms with E-state index in [1.54, 1.807) is 0 Å². The minimum Gasteiger partial charge on any atom is -0.379 e. The lowest BCUT2D eigenvalue weighted by atomic mass is 10.4. The Morgan fingerprint density at radius 3 is 2.12 bits per heavy atom. The first-order valence-corrected chi connectivity index (χ1v) is 6.23. The molecule has 0 saturated heterocycles. The van der Waals surface area contributed by atoms with Gasteiger partial charge < -0.3 is 14.8 Å². The van der Waals surface area contributed by atoms with Crippen LogP contribution in [0.4, 0.5) is 0 Å². The van der Waals surface area contributed by atoms with Crippen molar-refractivity contribution in [1.82, 2.24) is 5.32 Å². The third-order valence-corrected chi connectivity index (χ3v) is 1.61. The molecule has 0 fully saturated rings. The topological polar surface area (TPSA) is 47.6 Å². The van der Waals surface area contributed by atoms with Gasteiger partial charge in [-0.15, -0.1) is 0 Å². The second kappa shape index (κ2) is 16.8. The Bertz CT molecular complexity index is 146. The standard InChI is InChI=1S/C10H21NO3.C2H6.H2/c1-3-6-13-8-9-14-7-5-11-10(12)4-2;1-2;/h3-9H2,1-2H3,(H,11,12);1-2H3;1H. The Balaban J connectivity index is -0.000000616. The molecule has 0 aromatic rings. The minimum absolute atomic E-state index is 0. The average molecular weight is 235 g/mol. The van der Waals surface area contributed by atoms with E-state index in [1.807, 2.05) is 20.8 Å². The number of carbonyl (C=O) groups excluding carboxylic acids is 1. The van der Waals surface area contributed by atoms with E-state index >= 15 is 0 Å². The van der Waals surface area contributed by atoms with Gasteiger partial charge in [0.1, 0.15) is 0 Å². The Kier molecular flexibility index (Phi) is 18.7. The van der Waals surface area contributed by atoms with Gasteiger partial charge in [0.2, 0.25) is 5.91 Å². The Morgan fingerprint density at radius 2 is 1.62 bits per heavy atom. The molecule has 0 aliphatic carbocycles. The number of hydrogen-bond donors (Lipinski definition) is 1. The van der Waals surface area contributed by atoms with Crippen LogP contribution in [0.1, 0.15) is 42.0 Å². The third kappa shape index (κ3) is 15.8. The highest BCUT2D eigenvalue weighted by atomic mass is 16.5. The van der Waals surface area contributed by atoms with E-state index in [9.17, 15) is 4.79 Å². The van der Waals surface area contributed by atoms with E-state index < -0.39 is 0 Å². The summed E-state index contributed by atoms with van der Waals surface area (Å²) in [5.41, 5.74) is 0. The highest BCUT2D eigenvalue weighted by Crippen LogP contribution is 1.81. The lowest BCUT2D eigenvalue weighted by Gasteiger charge is -2.05. The first-order valence-electron chi connectivity index (χ1n) is 6.23. The highest BCUT2D eigenvalue weighted by molar-refractivity contribution is 5.75. The number of hydrogen-bond acceptors (Lipinski definition) is 3. The smallest absolute Gasteiger partial charge is 0.219 e. The van der Waals surface area contributed by atoms with E-state index in [-0.39, 0.29) is 7.33 Å². The molecule has 0 aliphatic rings. The van der Waals surface area contributed by atoms with Gasteiger partial charge in [0.05, 0.1) is 19.8 Å². The van der Waals surface area contributed by atoms with Crippen molar-refractivity contribution in [3.05, 3.63) is 0 Å². The molecule has 0 aliphatic heterocycles. The van der Waals surface area contributed by atoms with Crippen LogP contribution in [0.3, 0.4) is 0 Å². The molecule has 0 heterocycles. The summed E-state index contributed by atoms with van der Waals surface area (Å²) >= 11 is 0. The number of ether oxygens (including phenoxy) is 2. The molecule has 1 amide bonds. The first-order chi connectivity index (χ1) is 7.81. The summed E-state index contributed by atoms with van der Waals surface area (Å²) in [6, 6.07) is 0. The third-order valence-electron chi connectivity index (χ3n) is 1.61. The number of nitrogens with one attached hydrogen (secondary N) is 1. The zero-order valence-corrected chi connectivity index (χ0v) is 11.2. The maximum absolute atomic E-state index is 10.8. The van der Waals surface area contributed by atoms with Crippen LogP contribution in [0.15, 0.2) is 0 Å². The van der Waals surface area contributed by atoms with Gasteiger partial charge in [-0.1, -0.05) is 27.7 Å². The molecule has 1 N–H and O–H groups in total. The molecule has 100 valence electrons. The second-order valence-electron chi connectivity index (χ2n) is 2.93. The lowest BCUT2D eigenvalue weighted by molar-refractivity contribution is -0.121. The van der Waals surface area contributed by atoms with Crippen LogP contribution in [0.5, 0.6) is 0 Å². The van der Waals surface area contributed by atoms with Gasteiger partial charge in [0.15, 0.2) is 0 Å². The Morgan fingerprint density at radius 1 is 1.06 bits per heavy atom. The molecule has 0 aromatic carbocycles. The van der Waals surface area contributed by atoms with Crippen LogP contribution in [-0.4, -0.2) is 38.9 Å². The van der Waals surface area contributed by atoms with Crippen LogP contribution in [-0.2, 0) is 14.3 Å². The maximum Gasteiger partial charge on any atom is 0.219 e. The second-order valence-corrected chi connectivity index (χ2v) is 2.93.